The van der Waals surface area contributed by atoms with Crippen LogP contribution in [-0.2, 0) is 4.74 Å². The first kappa shape index (κ1) is 25.2. The van der Waals surface area contributed by atoms with Crippen molar-refractivity contribution < 1.29 is 4.74 Å². The van der Waals surface area contributed by atoms with Gasteiger partial charge in [-0.1, -0.05) is 29.8 Å². The molecule has 4 nitrogen and oxygen atoms in total. The Hall–Kier alpha value is -0.890. The molecule has 2 aliphatic rings. The minimum Gasteiger partial charge on any atom is -0.385 e. The van der Waals surface area contributed by atoms with Gasteiger partial charge in [-0.05, 0) is 89.0 Å². The average Bonchev–Trinajstić information content (AvgIpc) is 2.96. The molecule has 1 fully saturated rings. The van der Waals surface area contributed by atoms with Gasteiger partial charge in [-0.15, -0.1) is 0 Å². The van der Waals surface area contributed by atoms with Crippen molar-refractivity contribution in [2.75, 3.05) is 32.6 Å². The molecule has 1 aliphatic heterocycles. The largest absolute Gasteiger partial charge is 0.385 e. The standard InChI is InChI=1S/C26H33BrClN3OS/c1-32-10-2-3-23-13-18(8-9-31(23)15-22(29)16-33)25-24-7-6-21(28)12-17(24)4-5-19-11-20(27)14-30-26(19)25/h4-7,11-12,14,18,22-23,25,33H,2-3,8-10,13,15-16,29H2,1H3/t18?,22?,23-,25?/m0/s1. The van der Waals surface area contributed by atoms with Crippen LogP contribution in [0.1, 0.15) is 54.0 Å². The number of thiol groups is 1. The van der Waals surface area contributed by atoms with E-state index < -0.39 is 0 Å². The Morgan fingerprint density at radius 2 is 2.12 bits per heavy atom. The molecule has 1 aliphatic carbocycles. The van der Waals surface area contributed by atoms with Crippen LogP contribution in [0.25, 0.3) is 12.2 Å². The fraction of sp³-hybridized carbons (Fsp3) is 0.500. The lowest BCUT2D eigenvalue weighted by Gasteiger charge is -2.43. The van der Waals surface area contributed by atoms with Gasteiger partial charge in [0, 0.05) is 59.7 Å². The number of pyridine rings is 1. The summed E-state index contributed by atoms with van der Waals surface area (Å²) in [6.07, 6.45) is 10.7. The normalized spacial score (nSPS) is 23.6. The lowest BCUT2D eigenvalue weighted by molar-refractivity contribution is 0.0853. The lowest BCUT2D eigenvalue weighted by Crippen LogP contribution is -2.49. The van der Waals surface area contributed by atoms with Gasteiger partial charge in [0.1, 0.15) is 0 Å². The molecule has 0 radical (unpaired) electrons. The van der Waals surface area contributed by atoms with Gasteiger partial charge in [0.2, 0.25) is 0 Å². The summed E-state index contributed by atoms with van der Waals surface area (Å²) in [5.74, 6) is 1.44. The van der Waals surface area contributed by atoms with Gasteiger partial charge in [-0.2, -0.15) is 12.6 Å². The van der Waals surface area contributed by atoms with E-state index in [0.717, 1.165) is 60.6 Å². The Kier molecular flexibility index (Phi) is 8.93. The zero-order chi connectivity index (χ0) is 23.4. The van der Waals surface area contributed by atoms with Gasteiger partial charge in [0.25, 0.3) is 0 Å². The van der Waals surface area contributed by atoms with E-state index in [2.05, 4.69) is 63.8 Å². The Morgan fingerprint density at radius 1 is 1.30 bits per heavy atom. The van der Waals surface area contributed by atoms with Gasteiger partial charge in [-0.3, -0.25) is 9.88 Å². The third kappa shape index (κ3) is 6.03. The second-order valence-corrected chi connectivity index (χ2v) is 10.9. The number of rotatable bonds is 8. The number of nitrogens with two attached hydrogens (primary N) is 1. The highest BCUT2D eigenvalue weighted by molar-refractivity contribution is 9.10. The Bertz CT molecular complexity index is 933. The number of nitrogens with zero attached hydrogens (tertiary/aromatic N) is 2. The number of halogens is 2. The maximum Gasteiger partial charge on any atom is 0.0554 e. The van der Waals surface area contributed by atoms with Crippen molar-refractivity contribution in [3.8, 4) is 0 Å². The summed E-state index contributed by atoms with van der Waals surface area (Å²) in [6, 6.07) is 9.06. The molecule has 4 rings (SSSR count). The van der Waals surface area contributed by atoms with E-state index in [0.29, 0.717) is 17.7 Å². The molecule has 3 unspecified atom stereocenters. The fourth-order valence-electron chi connectivity index (χ4n) is 5.43. The van der Waals surface area contributed by atoms with Gasteiger partial charge < -0.3 is 10.5 Å². The van der Waals surface area contributed by atoms with Crippen LogP contribution in [0.4, 0.5) is 0 Å². The summed E-state index contributed by atoms with van der Waals surface area (Å²) in [5.41, 5.74) is 11.2. The molecule has 178 valence electrons. The van der Waals surface area contributed by atoms with Crippen LogP contribution >= 0.6 is 40.2 Å². The molecule has 0 bridgehead atoms. The number of fused-ring (bicyclic) bond motifs is 2. The smallest absolute Gasteiger partial charge is 0.0554 e. The van der Waals surface area contributed by atoms with Crippen molar-refractivity contribution in [1.82, 2.24) is 9.88 Å². The minimum absolute atomic E-state index is 0.0968. The van der Waals surface area contributed by atoms with E-state index in [4.69, 9.17) is 27.1 Å². The third-order valence-electron chi connectivity index (χ3n) is 6.98. The Morgan fingerprint density at radius 3 is 2.91 bits per heavy atom. The number of methoxy groups -OCH3 is 1. The second-order valence-electron chi connectivity index (χ2n) is 9.22. The number of ether oxygens (including phenoxy) is 1. The SMILES string of the molecule is COCCC[C@H]1CC(C2c3ccc(Cl)cc3C=Cc3cc(Br)cnc32)CCN1CC(N)CS. The van der Waals surface area contributed by atoms with Crippen LogP contribution in [0.2, 0.25) is 5.02 Å². The van der Waals surface area contributed by atoms with Crippen molar-refractivity contribution in [1.29, 1.82) is 0 Å². The number of benzene rings is 1. The Labute approximate surface area is 216 Å². The van der Waals surface area contributed by atoms with Gasteiger partial charge in [0.05, 0.1) is 5.69 Å². The van der Waals surface area contributed by atoms with E-state index in [1.165, 1.54) is 16.7 Å². The molecular formula is C26H33BrClN3OS. The Balaban J connectivity index is 1.67. The monoisotopic (exact) mass is 549 g/mol. The van der Waals surface area contributed by atoms with Crippen molar-refractivity contribution in [2.24, 2.45) is 11.7 Å². The van der Waals surface area contributed by atoms with Crippen molar-refractivity contribution in [3.05, 3.63) is 62.3 Å². The second kappa shape index (κ2) is 11.7. The van der Waals surface area contributed by atoms with E-state index in [1.54, 1.807) is 7.11 Å². The zero-order valence-electron chi connectivity index (χ0n) is 19.1. The number of aromatic nitrogens is 1. The molecular weight excluding hydrogens is 518 g/mol. The van der Waals surface area contributed by atoms with Crippen molar-refractivity contribution >= 4 is 52.3 Å². The van der Waals surface area contributed by atoms with E-state index in [-0.39, 0.29) is 12.0 Å². The molecule has 2 heterocycles. The first-order chi connectivity index (χ1) is 16.0. The number of piperidine rings is 1. The van der Waals surface area contributed by atoms with Crippen molar-refractivity contribution in [3.63, 3.8) is 0 Å². The van der Waals surface area contributed by atoms with Crippen LogP contribution < -0.4 is 5.73 Å². The molecule has 1 saturated heterocycles. The highest BCUT2D eigenvalue weighted by Gasteiger charge is 2.37. The average molecular weight is 551 g/mol. The van der Waals surface area contributed by atoms with Gasteiger partial charge >= 0.3 is 0 Å². The molecule has 1 aromatic carbocycles. The molecule has 7 heteroatoms. The minimum atomic E-state index is 0.0968. The van der Waals surface area contributed by atoms with Crippen LogP contribution in [-0.4, -0.2) is 54.5 Å². The molecule has 33 heavy (non-hydrogen) atoms. The summed E-state index contributed by atoms with van der Waals surface area (Å²) in [4.78, 5) is 7.53. The van der Waals surface area contributed by atoms with Gasteiger partial charge in [0.15, 0.2) is 0 Å². The quantitative estimate of drug-likeness (QED) is 0.318. The first-order valence-electron chi connectivity index (χ1n) is 11.7. The van der Waals surface area contributed by atoms with Crippen LogP contribution in [0.15, 0.2) is 34.9 Å². The summed E-state index contributed by atoms with van der Waals surface area (Å²) < 4.78 is 6.36. The lowest BCUT2D eigenvalue weighted by atomic mass is 9.74. The maximum absolute atomic E-state index is 6.38. The van der Waals surface area contributed by atoms with Crippen LogP contribution in [0, 0.1) is 5.92 Å². The van der Waals surface area contributed by atoms with Gasteiger partial charge in [-0.25, -0.2) is 0 Å². The molecule has 4 atom stereocenters. The highest BCUT2D eigenvalue weighted by Crippen LogP contribution is 2.44. The summed E-state index contributed by atoms with van der Waals surface area (Å²) in [5, 5.41) is 0.769. The van der Waals surface area contributed by atoms with Crippen LogP contribution in [0.3, 0.4) is 0 Å². The van der Waals surface area contributed by atoms with E-state index in [1.807, 2.05) is 12.3 Å². The molecule has 2 aromatic rings. The van der Waals surface area contributed by atoms with E-state index in [9.17, 15) is 0 Å². The zero-order valence-corrected chi connectivity index (χ0v) is 22.3. The summed E-state index contributed by atoms with van der Waals surface area (Å²) in [6.45, 7) is 2.73. The highest BCUT2D eigenvalue weighted by atomic mass is 79.9. The first-order valence-corrected chi connectivity index (χ1v) is 13.5. The number of hydrogen-bond acceptors (Lipinski definition) is 5. The number of hydrogen-bond donors (Lipinski definition) is 2. The van der Waals surface area contributed by atoms with Crippen LogP contribution in [0.5, 0.6) is 0 Å². The number of likely N-dealkylation sites (tertiary alicyclic amines) is 1. The summed E-state index contributed by atoms with van der Waals surface area (Å²) >= 11 is 14.4. The predicted molar refractivity (Wildman–Crippen MR) is 145 cm³/mol. The molecule has 2 N–H and O–H groups in total. The fourth-order valence-corrected chi connectivity index (χ4v) is 6.08. The van der Waals surface area contributed by atoms with Crippen molar-refractivity contribution in [2.45, 2.75) is 43.7 Å². The topological polar surface area (TPSA) is 51.4 Å². The molecule has 0 amide bonds. The molecule has 1 aromatic heterocycles. The molecule has 0 spiro atoms. The predicted octanol–water partition coefficient (Wildman–Crippen LogP) is 5.88. The summed E-state index contributed by atoms with van der Waals surface area (Å²) in [7, 11) is 1.78. The van der Waals surface area contributed by atoms with E-state index >= 15 is 0 Å². The maximum atomic E-state index is 6.38. The third-order valence-corrected chi connectivity index (χ3v) is 8.11. The molecule has 0 saturated carbocycles.